The van der Waals surface area contributed by atoms with Crippen LogP contribution in [0.1, 0.15) is 0 Å². The van der Waals surface area contributed by atoms with Crippen molar-refractivity contribution >= 4 is 17.1 Å². The third-order valence-corrected chi connectivity index (χ3v) is 2.46. The number of nitrogens with one attached hydrogen (secondary N) is 1. The molecule has 1 heterocycles. The van der Waals surface area contributed by atoms with Crippen LogP contribution >= 0.6 is 0 Å². The third-order valence-electron chi connectivity index (χ3n) is 2.46. The van der Waals surface area contributed by atoms with Crippen LogP contribution in [0.15, 0.2) is 18.2 Å². The van der Waals surface area contributed by atoms with Gasteiger partial charge in [0.1, 0.15) is 0 Å². The van der Waals surface area contributed by atoms with Gasteiger partial charge in [0.15, 0.2) is 0 Å². The number of nitrogens with two attached hydrogens (primary N) is 1. The summed E-state index contributed by atoms with van der Waals surface area (Å²) in [7, 11) is 0. The maximum absolute atomic E-state index is 7.47. The Morgan fingerprint density at radius 1 is 1.19 bits per heavy atom. The number of anilines is 2. The minimum atomic E-state index is 0. The Hall–Kier alpha value is -0.0953. The smallest absolute Gasteiger partial charge is 0.0384 e. The van der Waals surface area contributed by atoms with Crippen molar-refractivity contribution in [1.29, 1.82) is 0 Å². The zero-order valence-corrected chi connectivity index (χ0v) is 14.2. The van der Waals surface area contributed by atoms with Crippen LogP contribution in [0.5, 0.6) is 0 Å². The second-order valence-corrected chi connectivity index (χ2v) is 3.43. The summed E-state index contributed by atoms with van der Waals surface area (Å²) in [5.41, 5.74) is 15.2. The van der Waals surface area contributed by atoms with E-state index in [0.29, 0.717) is 11.4 Å². The van der Waals surface area contributed by atoms with Crippen molar-refractivity contribution in [1.82, 2.24) is 0 Å². The minimum Gasteiger partial charge on any atom is -0.697 e. The first-order valence-electron chi connectivity index (χ1n) is 4.77. The molecule has 2 rings (SSSR count). The second kappa shape index (κ2) is 7.27. The summed E-state index contributed by atoms with van der Waals surface area (Å²) in [5.74, 6) is 0. The van der Waals surface area contributed by atoms with Crippen molar-refractivity contribution in [3.63, 3.8) is 0 Å². The second-order valence-electron chi connectivity index (χ2n) is 3.43. The van der Waals surface area contributed by atoms with Gasteiger partial charge in [-0.25, -0.2) is 0 Å². The van der Waals surface area contributed by atoms with Gasteiger partial charge in [0.05, 0.1) is 0 Å². The molecule has 0 amide bonds. The summed E-state index contributed by atoms with van der Waals surface area (Å²) in [6, 6.07) is 5.56. The van der Waals surface area contributed by atoms with E-state index >= 15 is 0 Å². The molecule has 3 N–H and O–H groups in total. The SMILES string of the molecule is [NH-]c1ccc(N2CC[N-]CC2)cc1N.[Re].[Re]. The van der Waals surface area contributed by atoms with Crippen molar-refractivity contribution in [3.8, 4) is 0 Å². The number of hydrogen-bond acceptors (Lipinski definition) is 2. The van der Waals surface area contributed by atoms with E-state index in [-0.39, 0.29) is 40.8 Å². The van der Waals surface area contributed by atoms with E-state index in [0.717, 1.165) is 31.9 Å². The molecule has 0 saturated carbocycles. The van der Waals surface area contributed by atoms with Gasteiger partial charge < -0.3 is 21.7 Å². The number of rotatable bonds is 1. The molecular weight excluding hydrogens is 549 g/mol. The van der Waals surface area contributed by atoms with E-state index in [1.165, 1.54) is 0 Å². The van der Waals surface area contributed by atoms with E-state index in [1.54, 1.807) is 6.07 Å². The van der Waals surface area contributed by atoms with E-state index < -0.39 is 0 Å². The number of nitrogen functional groups attached to an aromatic ring is 1. The van der Waals surface area contributed by atoms with Crippen molar-refractivity contribution in [2.75, 3.05) is 36.8 Å². The fourth-order valence-corrected chi connectivity index (χ4v) is 1.61. The maximum atomic E-state index is 7.47. The first-order valence-corrected chi connectivity index (χ1v) is 4.77. The molecule has 0 bridgehead atoms. The molecule has 1 aliphatic heterocycles. The van der Waals surface area contributed by atoms with Crippen LogP contribution < -0.4 is 10.6 Å². The number of benzene rings is 1. The first kappa shape index (κ1) is 15.9. The molecule has 0 spiro atoms. The fourth-order valence-electron chi connectivity index (χ4n) is 1.61. The van der Waals surface area contributed by atoms with E-state index in [4.69, 9.17) is 11.5 Å². The van der Waals surface area contributed by atoms with Gasteiger partial charge in [0.25, 0.3) is 0 Å². The molecule has 90 valence electrons. The average Bonchev–Trinajstić information content (AvgIpc) is 2.23. The van der Waals surface area contributed by atoms with Crippen molar-refractivity contribution in [3.05, 3.63) is 29.2 Å². The molecule has 0 atom stereocenters. The van der Waals surface area contributed by atoms with Crippen LogP contribution in [-0.4, -0.2) is 26.2 Å². The van der Waals surface area contributed by atoms with Gasteiger partial charge in [0.2, 0.25) is 0 Å². The Bertz CT molecular complexity index is 327. The molecule has 0 aliphatic carbocycles. The summed E-state index contributed by atoms with van der Waals surface area (Å²) in [5, 5.41) is 4.28. The molecule has 1 aliphatic rings. The molecule has 1 saturated heterocycles. The van der Waals surface area contributed by atoms with Crippen LogP contribution in [0, 0.1) is 0 Å². The van der Waals surface area contributed by atoms with Gasteiger partial charge in [-0.3, -0.25) is 0 Å². The Balaban J connectivity index is 0.00000112. The minimum absolute atomic E-state index is 0. The van der Waals surface area contributed by atoms with Gasteiger partial charge in [-0.2, -0.15) is 0 Å². The summed E-state index contributed by atoms with van der Waals surface area (Å²) >= 11 is 0. The Kier molecular flexibility index (Phi) is 7.23. The molecule has 2 radical (unpaired) electrons. The maximum Gasteiger partial charge on any atom is 0.0384 e. The molecule has 1 fully saturated rings. The van der Waals surface area contributed by atoms with E-state index in [2.05, 4.69) is 10.2 Å². The zero-order valence-electron chi connectivity index (χ0n) is 8.79. The third kappa shape index (κ3) is 3.73. The van der Waals surface area contributed by atoms with Crippen LogP contribution in [-0.2, 0) is 40.8 Å². The zero-order chi connectivity index (χ0) is 9.97. The molecule has 0 aromatic heterocycles. The van der Waals surface area contributed by atoms with Gasteiger partial charge in [-0.1, -0.05) is 6.07 Å². The predicted molar refractivity (Wildman–Crippen MR) is 60.1 cm³/mol. The standard InChI is InChI=1S/C10H14N4.2Re/c11-9-2-1-8(7-10(9)12)14-5-3-13-4-6-14;;/h1-2,7,11H,3-6,12H2;;/q-2;;. The van der Waals surface area contributed by atoms with Crippen molar-refractivity contribution in [2.45, 2.75) is 0 Å². The van der Waals surface area contributed by atoms with Crippen molar-refractivity contribution in [2.24, 2.45) is 0 Å². The van der Waals surface area contributed by atoms with Gasteiger partial charge in [0, 0.05) is 52.2 Å². The molecule has 1 aromatic rings. The summed E-state index contributed by atoms with van der Waals surface area (Å²) in [6.07, 6.45) is 0. The normalized spacial score (nSPS) is 14.9. The Morgan fingerprint density at radius 3 is 2.38 bits per heavy atom. The number of hydrogen-bond donors (Lipinski definition) is 1. The Morgan fingerprint density at radius 2 is 1.81 bits per heavy atom. The molecule has 0 unspecified atom stereocenters. The number of nitrogens with zero attached hydrogens (tertiary/aromatic N) is 2. The first-order chi connectivity index (χ1) is 6.77. The van der Waals surface area contributed by atoms with Crippen LogP contribution in [0.3, 0.4) is 0 Å². The fraction of sp³-hybridized carbons (Fsp3) is 0.400. The Labute approximate surface area is 123 Å². The average molecular weight is 563 g/mol. The predicted octanol–water partition coefficient (Wildman–Crippen LogP) is 2.14. The molecule has 4 nitrogen and oxygen atoms in total. The van der Waals surface area contributed by atoms with E-state index in [1.807, 2.05) is 12.1 Å². The summed E-state index contributed by atoms with van der Waals surface area (Å²) in [6.45, 7) is 3.69. The molecule has 6 heteroatoms. The van der Waals surface area contributed by atoms with Gasteiger partial charge in [-0.05, 0) is 25.2 Å². The molecule has 16 heavy (non-hydrogen) atoms. The largest absolute Gasteiger partial charge is 0.697 e. The topological polar surface area (TPSA) is 67.2 Å². The van der Waals surface area contributed by atoms with Crippen molar-refractivity contribution < 1.29 is 40.8 Å². The molecule has 1 aromatic carbocycles. The van der Waals surface area contributed by atoms with Gasteiger partial charge in [-0.15, -0.1) is 18.8 Å². The monoisotopic (exact) mass is 564 g/mol. The van der Waals surface area contributed by atoms with Crippen LogP contribution in [0.2, 0.25) is 0 Å². The summed E-state index contributed by atoms with van der Waals surface area (Å²) < 4.78 is 0. The van der Waals surface area contributed by atoms with E-state index in [9.17, 15) is 0 Å². The quantitative estimate of drug-likeness (QED) is 0.534. The van der Waals surface area contributed by atoms with Crippen LogP contribution in [0.4, 0.5) is 17.1 Å². The summed E-state index contributed by atoms with van der Waals surface area (Å²) in [4.78, 5) is 2.25. The van der Waals surface area contributed by atoms with Crippen LogP contribution in [0.25, 0.3) is 11.1 Å². The van der Waals surface area contributed by atoms with Gasteiger partial charge >= 0.3 is 0 Å². The molecular formula is C10H14N4Re2-2. The number of piperazine rings is 1.